The van der Waals surface area contributed by atoms with Crippen LogP contribution in [0.2, 0.25) is 0 Å². The molecule has 0 spiro atoms. The van der Waals surface area contributed by atoms with Crippen LogP contribution in [-0.2, 0) is 12.0 Å². The van der Waals surface area contributed by atoms with E-state index in [9.17, 15) is 5.11 Å². The van der Waals surface area contributed by atoms with E-state index < -0.39 is 0 Å². The average Bonchev–Trinajstić information content (AvgIpc) is 2.62. The number of aliphatic hydroxyl groups excluding tert-OH is 1. The van der Waals surface area contributed by atoms with Crippen LogP contribution in [0.3, 0.4) is 0 Å². The molecule has 0 saturated heterocycles. The maximum Gasteiger partial charge on any atom is 0.0669 e. The molecule has 2 nitrogen and oxygen atoms in total. The van der Waals surface area contributed by atoms with Gasteiger partial charge in [0.15, 0.2) is 0 Å². The van der Waals surface area contributed by atoms with Crippen molar-refractivity contribution in [3.63, 3.8) is 0 Å². The van der Waals surface area contributed by atoms with Crippen molar-refractivity contribution in [2.75, 3.05) is 6.54 Å². The summed E-state index contributed by atoms with van der Waals surface area (Å²) in [6.07, 6.45) is 0.569. The molecule has 0 aliphatic heterocycles. The van der Waals surface area contributed by atoms with E-state index in [-0.39, 0.29) is 16.9 Å². The molecule has 1 heterocycles. The summed E-state index contributed by atoms with van der Waals surface area (Å²) in [6, 6.07) is 4.40. The highest BCUT2D eigenvalue weighted by molar-refractivity contribution is 7.12. The second-order valence-corrected chi connectivity index (χ2v) is 8.73. The fourth-order valence-electron chi connectivity index (χ4n) is 2.02. The molecular formula is C16H29NOS. The van der Waals surface area contributed by atoms with Gasteiger partial charge in [0.25, 0.3) is 0 Å². The maximum atomic E-state index is 9.94. The van der Waals surface area contributed by atoms with Crippen molar-refractivity contribution < 1.29 is 5.11 Å². The van der Waals surface area contributed by atoms with Crippen LogP contribution >= 0.6 is 11.3 Å². The van der Waals surface area contributed by atoms with Gasteiger partial charge in [-0.05, 0) is 29.4 Å². The van der Waals surface area contributed by atoms with Crippen molar-refractivity contribution in [2.45, 2.75) is 66.0 Å². The monoisotopic (exact) mass is 283 g/mol. The van der Waals surface area contributed by atoms with Crippen molar-refractivity contribution in [1.82, 2.24) is 5.32 Å². The zero-order valence-electron chi connectivity index (χ0n) is 13.2. The highest BCUT2D eigenvalue weighted by Gasteiger charge is 2.17. The molecule has 1 aromatic heterocycles. The Labute approximate surface area is 122 Å². The molecule has 1 rings (SSSR count). The molecule has 1 atom stereocenters. The first-order valence-corrected chi connectivity index (χ1v) is 7.87. The van der Waals surface area contributed by atoms with Crippen molar-refractivity contribution >= 4 is 11.3 Å². The topological polar surface area (TPSA) is 32.3 Å². The first-order valence-electron chi connectivity index (χ1n) is 7.06. The molecule has 3 heteroatoms. The second kappa shape index (κ2) is 6.38. The van der Waals surface area contributed by atoms with E-state index in [1.54, 1.807) is 0 Å². The van der Waals surface area contributed by atoms with Crippen LogP contribution in [-0.4, -0.2) is 17.8 Å². The third kappa shape index (κ3) is 6.55. The van der Waals surface area contributed by atoms with Crippen molar-refractivity contribution in [2.24, 2.45) is 5.41 Å². The zero-order chi connectivity index (χ0) is 14.7. The van der Waals surface area contributed by atoms with Gasteiger partial charge >= 0.3 is 0 Å². The minimum Gasteiger partial charge on any atom is -0.392 e. The van der Waals surface area contributed by atoms with Gasteiger partial charge in [-0.2, -0.15) is 0 Å². The summed E-state index contributed by atoms with van der Waals surface area (Å²) in [5.74, 6) is 0. The third-order valence-electron chi connectivity index (χ3n) is 2.93. The van der Waals surface area contributed by atoms with E-state index in [1.807, 2.05) is 11.3 Å². The summed E-state index contributed by atoms with van der Waals surface area (Å²) < 4.78 is 0. The molecule has 0 saturated carbocycles. The van der Waals surface area contributed by atoms with E-state index >= 15 is 0 Å². The number of thiophene rings is 1. The van der Waals surface area contributed by atoms with Crippen LogP contribution in [0.5, 0.6) is 0 Å². The molecule has 1 aromatic rings. The summed E-state index contributed by atoms with van der Waals surface area (Å²) >= 11 is 1.86. The Hall–Kier alpha value is -0.380. The van der Waals surface area contributed by atoms with Crippen LogP contribution in [0.15, 0.2) is 12.1 Å². The number of hydrogen-bond donors (Lipinski definition) is 2. The fraction of sp³-hybridized carbons (Fsp3) is 0.750. The van der Waals surface area contributed by atoms with Gasteiger partial charge in [-0.3, -0.25) is 0 Å². The Morgan fingerprint density at radius 2 is 1.79 bits per heavy atom. The van der Waals surface area contributed by atoms with E-state index in [4.69, 9.17) is 0 Å². The molecular weight excluding hydrogens is 254 g/mol. The summed E-state index contributed by atoms with van der Waals surface area (Å²) in [6.45, 7) is 14.7. The largest absolute Gasteiger partial charge is 0.392 e. The lowest BCUT2D eigenvalue weighted by Crippen LogP contribution is -2.29. The van der Waals surface area contributed by atoms with Crippen LogP contribution in [0.4, 0.5) is 0 Å². The number of hydrogen-bond acceptors (Lipinski definition) is 3. The minimum absolute atomic E-state index is 0.184. The van der Waals surface area contributed by atoms with E-state index in [0.29, 0.717) is 6.54 Å². The predicted octanol–water partition coefficient (Wildman–Crippen LogP) is 3.93. The van der Waals surface area contributed by atoms with Crippen LogP contribution < -0.4 is 5.32 Å². The van der Waals surface area contributed by atoms with Gasteiger partial charge in [0, 0.05) is 22.8 Å². The zero-order valence-corrected chi connectivity index (χ0v) is 14.0. The van der Waals surface area contributed by atoms with Crippen LogP contribution in [0.1, 0.15) is 57.7 Å². The Balaban J connectivity index is 2.36. The lowest BCUT2D eigenvalue weighted by molar-refractivity contribution is 0.119. The normalized spacial score (nSPS) is 14.7. The molecule has 0 amide bonds. The molecule has 0 bridgehead atoms. The van der Waals surface area contributed by atoms with Gasteiger partial charge in [0.1, 0.15) is 0 Å². The Bertz CT molecular complexity index is 384. The molecule has 1 unspecified atom stereocenters. The van der Waals surface area contributed by atoms with E-state index in [0.717, 1.165) is 13.0 Å². The molecule has 0 fully saturated rings. The smallest absolute Gasteiger partial charge is 0.0669 e. The Kier molecular flexibility index (Phi) is 5.60. The fourth-order valence-corrected chi connectivity index (χ4v) is 3.05. The molecule has 19 heavy (non-hydrogen) atoms. The number of nitrogens with one attached hydrogen (secondary N) is 1. The standard InChI is InChI=1S/C16H29NOS/c1-15(2,3)9-12(18)10-17-11-13-7-8-14(19-13)16(4,5)6/h7-8,12,17-18H,9-11H2,1-6H3. The molecule has 0 aliphatic carbocycles. The summed E-state index contributed by atoms with van der Waals surface area (Å²) in [4.78, 5) is 2.76. The maximum absolute atomic E-state index is 9.94. The highest BCUT2D eigenvalue weighted by atomic mass is 32.1. The molecule has 0 aromatic carbocycles. The quantitative estimate of drug-likeness (QED) is 0.858. The van der Waals surface area contributed by atoms with Crippen molar-refractivity contribution in [3.05, 3.63) is 21.9 Å². The van der Waals surface area contributed by atoms with Gasteiger partial charge < -0.3 is 10.4 Å². The summed E-state index contributed by atoms with van der Waals surface area (Å²) in [5.41, 5.74) is 0.415. The Morgan fingerprint density at radius 3 is 2.26 bits per heavy atom. The Morgan fingerprint density at radius 1 is 1.16 bits per heavy atom. The molecule has 0 aliphatic rings. The van der Waals surface area contributed by atoms with Gasteiger partial charge in [-0.25, -0.2) is 0 Å². The highest BCUT2D eigenvalue weighted by Crippen LogP contribution is 2.29. The van der Waals surface area contributed by atoms with Crippen LogP contribution in [0.25, 0.3) is 0 Å². The summed E-state index contributed by atoms with van der Waals surface area (Å²) in [7, 11) is 0. The second-order valence-electron chi connectivity index (χ2n) is 7.57. The van der Waals surface area contributed by atoms with E-state index in [2.05, 4.69) is 59.0 Å². The van der Waals surface area contributed by atoms with Gasteiger partial charge in [-0.15, -0.1) is 11.3 Å². The predicted molar refractivity (Wildman–Crippen MR) is 84.8 cm³/mol. The molecule has 110 valence electrons. The minimum atomic E-state index is -0.262. The van der Waals surface area contributed by atoms with Crippen molar-refractivity contribution in [3.8, 4) is 0 Å². The van der Waals surface area contributed by atoms with Gasteiger partial charge in [0.2, 0.25) is 0 Å². The molecule has 0 radical (unpaired) electrons. The summed E-state index contributed by atoms with van der Waals surface area (Å²) in [5, 5.41) is 13.3. The molecule has 2 N–H and O–H groups in total. The first-order chi connectivity index (χ1) is 8.58. The van der Waals surface area contributed by atoms with E-state index in [1.165, 1.54) is 9.75 Å². The SMILES string of the molecule is CC(C)(C)CC(O)CNCc1ccc(C(C)(C)C)s1. The lowest BCUT2D eigenvalue weighted by atomic mass is 9.89. The van der Waals surface area contributed by atoms with Crippen LogP contribution in [0, 0.1) is 5.41 Å². The number of rotatable bonds is 5. The third-order valence-corrected chi connectivity index (χ3v) is 4.44. The lowest BCUT2D eigenvalue weighted by Gasteiger charge is -2.22. The number of aliphatic hydroxyl groups is 1. The van der Waals surface area contributed by atoms with Crippen molar-refractivity contribution in [1.29, 1.82) is 0 Å². The average molecular weight is 283 g/mol. The van der Waals surface area contributed by atoms with Gasteiger partial charge in [0.05, 0.1) is 6.10 Å². The van der Waals surface area contributed by atoms with Gasteiger partial charge in [-0.1, -0.05) is 41.5 Å². The first kappa shape index (κ1) is 16.7.